The molecule has 0 N–H and O–H groups in total. The third-order valence-corrected chi connectivity index (χ3v) is 5.86. The highest BCUT2D eigenvalue weighted by molar-refractivity contribution is 6.32. The summed E-state index contributed by atoms with van der Waals surface area (Å²) in [6, 6.07) is 16.9. The van der Waals surface area contributed by atoms with Gasteiger partial charge in [-0.1, -0.05) is 29.8 Å². The van der Waals surface area contributed by atoms with E-state index >= 15 is 0 Å². The van der Waals surface area contributed by atoms with Crippen molar-refractivity contribution in [2.75, 3.05) is 18.0 Å². The van der Waals surface area contributed by atoms with Crippen LogP contribution in [-0.2, 0) is 0 Å². The zero-order valence-electron chi connectivity index (χ0n) is 17.2. The van der Waals surface area contributed by atoms with Gasteiger partial charge in [-0.3, -0.25) is 9.36 Å². The SMILES string of the molecule is O=c1c2cc(F)ccc2nc(/C=C/c2cccc(N3CCCC3)n2)n1-c1ccccc1Cl. The van der Waals surface area contributed by atoms with E-state index < -0.39 is 5.82 Å². The summed E-state index contributed by atoms with van der Waals surface area (Å²) in [6.07, 6.45) is 5.91. The molecular formula is C25H20ClFN4O. The maximum absolute atomic E-state index is 13.8. The fourth-order valence-electron chi connectivity index (χ4n) is 3.97. The van der Waals surface area contributed by atoms with Crippen molar-refractivity contribution in [3.63, 3.8) is 0 Å². The van der Waals surface area contributed by atoms with E-state index in [0.717, 1.165) is 24.6 Å². The highest BCUT2D eigenvalue weighted by Crippen LogP contribution is 2.23. The molecule has 5 nitrogen and oxygen atoms in total. The van der Waals surface area contributed by atoms with E-state index in [-0.39, 0.29) is 10.9 Å². The van der Waals surface area contributed by atoms with Crippen LogP contribution >= 0.6 is 11.6 Å². The van der Waals surface area contributed by atoms with Crippen LogP contribution in [0.15, 0.2) is 65.5 Å². The lowest BCUT2D eigenvalue weighted by atomic mass is 10.2. The number of fused-ring (bicyclic) bond motifs is 1. The average Bonchev–Trinajstić information content (AvgIpc) is 3.34. The summed E-state index contributed by atoms with van der Waals surface area (Å²) >= 11 is 6.39. The van der Waals surface area contributed by atoms with E-state index in [1.165, 1.54) is 35.6 Å². The molecule has 2 aromatic carbocycles. The molecule has 2 aromatic heterocycles. The predicted octanol–water partition coefficient (Wildman–Crippen LogP) is 5.34. The molecule has 0 amide bonds. The molecule has 0 radical (unpaired) electrons. The summed E-state index contributed by atoms with van der Waals surface area (Å²) in [5.74, 6) is 0.832. The number of pyridine rings is 1. The van der Waals surface area contributed by atoms with Gasteiger partial charge in [0.2, 0.25) is 0 Å². The summed E-state index contributed by atoms with van der Waals surface area (Å²) < 4.78 is 15.2. The lowest BCUT2D eigenvalue weighted by molar-refractivity contribution is 0.629. The molecule has 1 aliphatic rings. The zero-order chi connectivity index (χ0) is 22.1. The predicted molar refractivity (Wildman–Crippen MR) is 127 cm³/mol. The third kappa shape index (κ3) is 3.89. The molecular weight excluding hydrogens is 427 g/mol. The molecule has 0 aliphatic carbocycles. The van der Waals surface area contributed by atoms with E-state index in [1.807, 2.05) is 24.3 Å². The molecule has 7 heteroatoms. The van der Waals surface area contributed by atoms with Gasteiger partial charge in [0, 0.05) is 13.1 Å². The largest absolute Gasteiger partial charge is 0.357 e. The van der Waals surface area contributed by atoms with E-state index in [1.54, 1.807) is 30.3 Å². The number of hydrogen-bond acceptors (Lipinski definition) is 4. The van der Waals surface area contributed by atoms with Crippen LogP contribution in [0.5, 0.6) is 0 Å². The van der Waals surface area contributed by atoms with Gasteiger partial charge in [0.15, 0.2) is 0 Å². The molecule has 1 saturated heterocycles. The molecule has 160 valence electrons. The normalized spacial score (nSPS) is 14.0. The standard InChI is InChI=1S/C25H20ClFN4O/c26-20-7-1-2-8-22(20)31-24(29-21-12-10-17(27)16-19(21)25(31)32)13-11-18-6-5-9-23(28-18)30-14-3-4-15-30/h1-2,5-13,16H,3-4,14-15H2/b13-11+. The summed E-state index contributed by atoms with van der Waals surface area (Å²) in [7, 11) is 0. The topological polar surface area (TPSA) is 51.0 Å². The Morgan fingerprint density at radius 2 is 1.75 bits per heavy atom. The molecule has 5 rings (SSSR count). The van der Waals surface area contributed by atoms with E-state index in [2.05, 4.69) is 9.88 Å². The second-order valence-electron chi connectivity index (χ2n) is 7.67. The Labute approximate surface area is 189 Å². The van der Waals surface area contributed by atoms with Crippen molar-refractivity contribution < 1.29 is 4.39 Å². The number of nitrogens with zero attached hydrogens (tertiary/aromatic N) is 4. The summed E-state index contributed by atoms with van der Waals surface area (Å²) in [4.78, 5) is 25.0. The van der Waals surface area contributed by atoms with Crippen molar-refractivity contribution >= 4 is 40.5 Å². The average molecular weight is 447 g/mol. The van der Waals surface area contributed by atoms with Crippen molar-refractivity contribution in [1.29, 1.82) is 0 Å². The van der Waals surface area contributed by atoms with Crippen molar-refractivity contribution in [1.82, 2.24) is 14.5 Å². The van der Waals surface area contributed by atoms with Crippen molar-refractivity contribution in [3.05, 3.63) is 93.4 Å². The van der Waals surface area contributed by atoms with Gasteiger partial charge in [0.05, 0.1) is 27.3 Å². The number of benzene rings is 2. The molecule has 0 spiro atoms. The Morgan fingerprint density at radius 1 is 0.938 bits per heavy atom. The van der Waals surface area contributed by atoms with Crippen molar-refractivity contribution in [2.24, 2.45) is 0 Å². The van der Waals surface area contributed by atoms with Gasteiger partial charge in [-0.05, 0) is 67.5 Å². The smallest absolute Gasteiger partial charge is 0.266 e. The summed E-state index contributed by atoms with van der Waals surface area (Å²) in [6.45, 7) is 2.02. The number of halogens is 2. The zero-order valence-corrected chi connectivity index (χ0v) is 18.0. The minimum atomic E-state index is -0.492. The highest BCUT2D eigenvalue weighted by Gasteiger charge is 2.15. The first-order valence-electron chi connectivity index (χ1n) is 10.5. The number of para-hydroxylation sites is 1. The Kier molecular flexibility index (Phi) is 5.45. The number of hydrogen-bond donors (Lipinski definition) is 0. The number of rotatable bonds is 4. The molecule has 0 atom stereocenters. The molecule has 3 heterocycles. The lowest BCUT2D eigenvalue weighted by Crippen LogP contribution is -2.22. The number of anilines is 1. The Morgan fingerprint density at radius 3 is 2.56 bits per heavy atom. The first-order chi connectivity index (χ1) is 15.6. The Bertz CT molecular complexity index is 1390. The van der Waals surface area contributed by atoms with Crippen LogP contribution < -0.4 is 10.5 Å². The van der Waals surface area contributed by atoms with Crippen LogP contribution in [0, 0.1) is 5.82 Å². The van der Waals surface area contributed by atoms with Gasteiger partial charge in [-0.2, -0.15) is 0 Å². The van der Waals surface area contributed by atoms with Gasteiger partial charge in [0.25, 0.3) is 5.56 Å². The van der Waals surface area contributed by atoms with Crippen molar-refractivity contribution in [2.45, 2.75) is 12.8 Å². The van der Waals surface area contributed by atoms with Crippen LogP contribution in [0.3, 0.4) is 0 Å². The van der Waals surface area contributed by atoms with E-state index in [4.69, 9.17) is 16.6 Å². The third-order valence-electron chi connectivity index (χ3n) is 5.54. The van der Waals surface area contributed by atoms with Gasteiger partial charge in [0.1, 0.15) is 17.5 Å². The summed E-state index contributed by atoms with van der Waals surface area (Å²) in [5.41, 5.74) is 1.27. The molecule has 4 aromatic rings. The fourth-order valence-corrected chi connectivity index (χ4v) is 4.19. The fraction of sp³-hybridized carbons (Fsp3) is 0.160. The van der Waals surface area contributed by atoms with Crippen LogP contribution in [0.1, 0.15) is 24.4 Å². The quantitative estimate of drug-likeness (QED) is 0.424. The minimum absolute atomic E-state index is 0.191. The highest BCUT2D eigenvalue weighted by atomic mass is 35.5. The van der Waals surface area contributed by atoms with E-state index in [0.29, 0.717) is 22.1 Å². The van der Waals surface area contributed by atoms with Gasteiger partial charge < -0.3 is 4.90 Å². The second kappa shape index (κ2) is 8.55. The van der Waals surface area contributed by atoms with Crippen LogP contribution in [-0.4, -0.2) is 27.6 Å². The Hall–Kier alpha value is -3.51. The number of aromatic nitrogens is 3. The molecule has 1 fully saturated rings. The summed E-state index contributed by atoms with van der Waals surface area (Å²) in [5, 5.41) is 0.590. The first kappa shape index (κ1) is 20.4. The maximum Gasteiger partial charge on any atom is 0.266 e. The van der Waals surface area contributed by atoms with Crippen LogP contribution in [0.2, 0.25) is 5.02 Å². The first-order valence-corrected chi connectivity index (χ1v) is 10.9. The van der Waals surface area contributed by atoms with Gasteiger partial charge in [-0.25, -0.2) is 14.4 Å². The van der Waals surface area contributed by atoms with Crippen LogP contribution in [0.25, 0.3) is 28.7 Å². The molecule has 0 saturated carbocycles. The molecule has 1 aliphatic heterocycles. The van der Waals surface area contributed by atoms with Gasteiger partial charge >= 0.3 is 0 Å². The monoisotopic (exact) mass is 446 g/mol. The van der Waals surface area contributed by atoms with Crippen LogP contribution in [0.4, 0.5) is 10.2 Å². The van der Waals surface area contributed by atoms with E-state index in [9.17, 15) is 9.18 Å². The Balaban J connectivity index is 1.64. The lowest BCUT2D eigenvalue weighted by Gasteiger charge is -2.16. The van der Waals surface area contributed by atoms with Crippen molar-refractivity contribution in [3.8, 4) is 5.69 Å². The maximum atomic E-state index is 13.8. The molecule has 0 bridgehead atoms. The molecule has 32 heavy (non-hydrogen) atoms. The second-order valence-corrected chi connectivity index (χ2v) is 8.08. The van der Waals surface area contributed by atoms with Gasteiger partial charge in [-0.15, -0.1) is 0 Å². The molecule has 0 unspecified atom stereocenters. The minimum Gasteiger partial charge on any atom is -0.357 e.